The van der Waals surface area contributed by atoms with Crippen LogP contribution in [0.25, 0.3) is 0 Å². The van der Waals surface area contributed by atoms with E-state index in [2.05, 4.69) is 11.8 Å². The van der Waals surface area contributed by atoms with Gasteiger partial charge in [-0.15, -0.1) is 0 Å². The highest BCUT2D eigenvalue weighted by Gasteiger charge is 2.30. The predicted molar refractivity (Wildman–Crippen MR) is 42.2 cm³/mol. The Morgan fingerprint density at radius 2 is 1.71 bits per heavy atom. The summed E-state index contributed by atoms with van der Waals surface area (Å²) in [5.74, 6) is -0.765. The summed E-state index contributed by atoms with van der Waals surface area (Å²) in [6, 6.07) is 3.70. The second-order valence-electron chi connectivity index (χ2n) is 2.51. The van der Waals surface area contributed by atoms with Crippen molar-refractivity contribution in [3.63, 3.8) is 0 Å². The number of carbonyl (C=O) groups is 1. The van der Waals surface area contributed by atoms with E-state index < -0.39 is 17.7 Å². The van der Waals surface area contributed by atoms with Crippen molar-refractivity contribution >= 4 is 5.97 Å². The molecule has 0 N–H and O–H groups in total. The number of rotatable bonds is 1. The molecule has 0 atom stereocenters. The van der Waals surface area contributed by atoms with E-state index in [1.807, 2.05) is 0 Å². The summed E-state index contributed by atoms with van der Waals surface area (Å²) in [6.07, 6.45) is -4.40. The molecule has 0 amide bonds. The maximum Gasteiger partial charge on any atom is 0.416 e. The Hall–Kier alpha value is -1.52. The van der Waals surface area contributed by atoms with Crippen molar-refractivity contribution in [1.29, 1.82) is 0 Å². The third-order valence-corrected chi connectivity index (χ3v) is 1.58. The van der Waals surface area contributed by atoms with Gasteiger partial charge in [0.15, 0.2) is 0 Å². The highest BCUT2D eigenvalue weighted by atomic mass is 19.4. The second-order valence-corrected chi connectivity index (χ2v) is 2.51. The number of hydrogen-bond donors (Lipinski definition) is 0. The Bertz CT molecular complexity index is 327. The molecule has 1 aromatic rings. The van der Waals surface area contributed by atoms with E-state index in [1.165, 1.54) is 0 Å². The molecule has 0 aliphatic carbocycles. The lowest BCUT2D eigenvalue weighted by atomic mass is 10.1. The molecule has 0 aromatic heterocycles. The maximum absolute atomic E-state index is 12.1. The fraction of sp³-hybridized carbons (Fsp3) is 0.111. The maximum atomic E-state index is 12.1. The van der Waals surface area contributed by atoms with Gasteiger partial charge in [0.05, 0.1) is 11.1 Å². The van der Waals surface area contributed by atoms with Crippen molar-refractivity contribution in [3.05, 3.63) is 42.5 Å². The molecule has 75 valence electrons. The lowest BCUT2D eigenvalue weighted by Gasteiger charge is -2.06. The van der Waals surface area contributed by atoms with Gasteiger partial charge in [0.25, 0.3) is 0 Å². The molecule has 0 bridgehead atoms. The van der Waals surface area contributed by atoms with E-state index in [1.54, 1.807) is 0 Å². The van der Waals surface area contributed by atoms with Crippen molar-refractivity contribution in [2.45, 2.75) is 6.18 Å². The monoisotopic (exact) mass is 203 g/mol. The van der Waals surface area contributed by atoms with Crippen LogP contribution in [0.1, 0.15) is 15.9 Å². The van der Waals surface area contributed by atoms with Gasteiger partial charge in [0.1, 0.15) is 7.11 Å². The van der Waals surface area contributed by atoms with Gasteiger partial charge in [-0.1, -0.05) is 0 Å². The van der Waals surface area contributed by atoms with E-state index in [9.17, 15) is 18.0 Å². The Kier molecular flexibility index (Phi) is 2.78. The minimum Gasteiger partial charge on any atom is -0.458 e. The molecule has 0 fully saturated rings. The lowest BCUT2D eigenvalue weighted by Crippen LogP contribution is -2.06. The van der Waals surface area contributed by atoms with Crippen LogP contribution < -0.4 is 0 Å². The fourth-order valence-electron chi connectivity index (χ4n) is 0.879. The summed E-state index contributed by atoms with van der Waals surface area (Å²) in [6.45, 7) is 0. The number of ether oxygens (including phenoxy) is 1. The Morgan fingerprint density at radius 1 is 1.21 bits per heavy atom. The van der Waals surface area contributed by atoms with Gasteiger partial charge in [0.2, 0.25) is 0 Å². The minimum atomic E-state index is -4.40. The summed E-state index contributed by atoms with van der Waals surface area (Å²) in [4.78, 5) is 10.8. The number of halogens is 3. The first kappa shape index (κ1) is 10.6. The van der Waals surface area contributed by atoms with Crippen molar-refractivity contribution in [2.24, 2.45) is 0 Å². The van der Waals surface area contributed by atoms with Gasteiger partial charge in [-0.25, -0.2) is 4.79 Å². The smallest absolute Gasteiger partial charge is 0.416 e. The van der Waals surface area contributed by atoms with Gasteiger partial charge < -0.3 is 4.74 Å². The van der Waals surface area contributed by atoms with Crippen LogP contribution in [-0.2, 0) is 10.9 Å². The van der Waals surface area contributed by atoms with E-state index in [0.29, 0.717) is 0 Å². The Balaban J connectivity index is 2.95. The van der Waals surface area contributed by atoms with Crippen LogP contribution in [0, 0.1) is 7.11 Å². The van der Waals surface area contributed by atoms with E-state index in [0.717, 1.165) is 24.3 Å². The largest absolute Gasteiger partial charge is 0.458 e. The van der Waals surface area contributed by atoms with Crippen LogP contribution in [0.3, 0.4) is 0 Å². The summed E-state index contributed by atoms with van der Waals surface area (Å²) in [5, 5.41) is 0. The zero-order chi connectivity index (χ0) is 10.8. The third-order valence-electron chi connectivity index (χ3n) is 1.58. The Labute approximate surface area is 78.3 Å². The normalized spacial score (nSPS) is 11.1. The molecule has 2 nitrogen and oxygen atoms in total. The molecular weight excluding hydrogens is 197 g/mol. The van der Waals surface area contributed by atoms with E-state index in [4.69, 9.17) is 0 Å². The SMILES string of the molecule is [CH2]OC(=O)c1ccc(C(F)(F)F)cc1. The highest BCUT2D eigenvalue weighted by Crippen LogP contribution is 2.29. The number of carbonyl (C=O) groups excluding carboxylic acids is 1. The number of esters is 1. The van der Waals surface area contributed by atoms with Gasteiger partial charge in [-0.3, -0.25) is 0 Å². The van der Waals surface area contributed by atoms with Crippen LogP contribution in [-0.4, -0.2) is 5.97 Å². The molecule has 1 radical (unpaired) electrons. The molecule has 0 spiro atoms. The molecule has 1 rings (SSSR count). The molecule has 0 unspecified atom stereocenters. The summed E-state index contributed by atoms with van der Waals surface area (Å²) < 4.78 is 40.3. The number of alkyl halides is 3. The van der Waals surface area contributed by atoms with Crippen molar-refractivity contribution in [1.82, 2.24) is 0 Å². The standard InChI is InChI=1S/C9H6F3O2/c1-14-8(13)6-2-4-7(5-3-6)9(10,11)12/h2-5H,1H2. The first-order valence-corrected chi connectivity index (χ1v) is 3.59. The molecule has 0 saturated heterocycles. The number of hydrogen-bond acceptors (Lipinski definition) is 2. The molecule has 0 aliphatic heterocycles. The summed E-state index contributed by atoms with van der Waals surface area (Å²) in [5.41, 5.74) is -0.772. The van der Waals surface area contributed by atoms with Crippen LogP contribution in [0.15, 0.2) is 24.3 Å². The van der Waals surface area contributed by atoms with Gasteiger partial charge >= 0.3 is 12.1 Å². The van der Waals surface area contributed by atoms with Crippen molar-refractivity contribution in [2.75, 3.05) is 0 Å². The van der Waals surface area contributed by atoms with Gasteiger partial charge in [-0.2, -0.15) is 13.2 Å². The van der Waals surface area contributed by atoms with Crippen LogP contribution in [0.2, 0.25) is 0 Å². The molecule has 0 saturated carbocycles. The van der Waals surface area contributed by atoms with Crippen LogP contribution in [0.5, 0.6) is 0 Å². The molecule has 14 heavy (non-hydrogen) atoms. The third kappa shape index (κ3) is 2.25. The fourth-order valence-corrected chi connectivity index (χ4v) is 0.879. The lowest BCUT2D eigenvalue weighted by molar-refractivity contribution is -0.137. The average molecular weight is 203 g/mol. The zero-order valence-corrected chi connectivity index (χ0v) is 6.97. The van der Waals surface area contributed by atoms with E-state index in [-0.39, 0.29) is 5.56 Å². The minimum absolute atomic E-state index is 0.0352. The summed E-state index contributed by atoms with van der Waals surface area (Å²) >= 11 is 0. The summed E-state index contributed by atoms with van der Waals surface area (Å²) in [7, 11) is 2.86. The molecule has 0 heterocycles. The molecule has 5 heteroatoms. The second kappa shape index (κ2) is 3.69. The topological polar surface area (TPSA) is 26.3 Å². The van der Waals surface area contributed by atoms with Gasteiger partial charge in [-0.05, 0) is 24.3 Å². The average Bonchev–Trinajstić information content (AvgIpc) is 2.15. The molecule has 0 aliphatic rings. The van der Waals surface area contributed by atoms with Crippen LogP contribution >= 0.6 is 0 Å². The molecular formula is C9H6F3O2. The highest BCUT2D eigenvalue weighted by molar-refractivity contribution is 5.89. The number of benzene rings is 1. The quantitative estimate of drug-likeness (QED) is 0.656. The Morgan fingerprint density at radius 3 is 2.07 bits per heavy atom. The molecule has 1 aromatic carbocycles. The predicted octanol–water partition coefficient (Wildman–Crippen LogP) is 2.65. The van der Waals surface area contributed by atoms with Crippen molar-refractivity contribution in [3.8, 4) is 0 Å². The first-order chi connectivity index (χ1) is 6.45. The zero-order valence-electron chi connectivity index (χ0n) is 6.97. The van der Waals surface area contributed by atoms with Crippen LogP contribution in [0.4, 0.5) is 13.2 Å². The first-order valence-electron chi connectivity index (χ1n) is 3.59. The van der Waals surface area contributed by atoms with Gasteiger partial charge in [0, 0.05) is 0 Å². The van der Waals surface area contributed by atoms with E-state index >= 15 is 0 Å². The van der Waals surface area contributed by atoms with Crippen molar-refractivity contribution < 1.29 is 22.7 Å².